The number of carboxylic acids is 1. The first-order valence-electron chi connectivity index (χ1n) is 6.07. The van der Waals surface area contributed by atoms with Gasteiger partial charge in [0.15, 0.2) is 5.75 Å². The van der Waals surface area contributed by atoms with Crippen LogP contribution in [-0.4, -0.2) is 25.3 Å². The third kappa shape index (κ3) is 3.36. The summed E-state index contributed by atoms with van der Waals surface area (Å²) in [7, 11) is 3.05. The van der Waals surface area contributed by atoms with Gasteiger partial charge in [0.25, 0.3) is 0 Å². The van der Waals surface area contributed by atoms with Crippen molar-refractivity contribution in [2.75, 3.05) is 20.0 Å². The topological polar surface area (TPSA) is 91.0 Å². The SMILES string of the molecule is COc1cc(OC)cc(Oc2cc(C(=O)O)ccc2N)c1. The zero-order chi connectivity index (χ0) is 15.4. The zero-order valence-corrected chi connectivity index (χ0v) is 11.6. The van der Waals surface area contributed by atoms with Gasteiger partial charge < -0.3 is 25.1 Å². The molecule has 2 rings (SSSR count). The van der Waals surface area contributed by atoms with Gasteiger partial charge in [-0.3, -0.25) is 0 Å². The first-order valence-corrected chi connectivity index (χ1v) is 6.07. The summed E-state index contributed by atoms with van der Waals surface area (Å²) in [5, 5.41) is 8.99. The maximum absolute atomic E-state index is 11.0. The van der Waals surface area contributed by atoms with E-state index in [0.29, 0.717) is 22.9 Å². The quantitative estimate of drug-likeness (QED) is 0.822. The molecule has 0 aliphatic carbocycles. The molecule has 0 amide bonds. The number of aromatic carboxylic acids is 1. The minimum atomic E-state index is -1.05. The number of rotatable bonds is 5. The molecular weight excluding hydrogens is 274 g/mol. The molecule has 0 aromatic heterocycles. The molecule has 0 bridgehead atoms. The summed E-state index contributed by atoms with van der Waals surface area (Å²) in [6.07, 6.45) is 0. The number of methoxy groups -OCH3 is 2. The lowest BCUT2D eigenvalue weighted by Crippen LogP contribution is -1.99. The van der Waals surface area contributed by atoms with Gasteiger partial charge in [0, 0.05) is 18.2 Å². The molecule has 0 aliphatic heterocycles. The van der Waals surface area contributed by atoms with Crippen LogP contribution in [0.3, 0.4) is 0 Å². The van der Waals surface area contributed by atoms with Crippen LogP contribution in [0.5, 0.6) is 23.0 Å². The zero-order valence-electron chi connectivity index (χ0n) is 11.6. The summed E-state index contributed by atoms with van der Waals surface area (Å²) in [5.74, 6) is 0.739. The van der Waals surface area contributed by atoms with Gasteiger partial charge in [-0.2, -0.15) is 0 Å². The average Bonchev–Trinajstić information content (AvgIpc) is 2.48. The standard InChI is InChI=1S/C15H15NO5/c1-19-10-6-11(20-2)8-12(7-10)21-14-5-9(15(17)18)3-4-13(14)16/h3-8H,16H2,1-2H3,(H,17,18). The highest BCUT2D eigenvalue weighted by Gasteiger charge is 2.10. The van der Waals surface area contributed by atoms with E-state index in [0.717, 1.165) is 0 Å². The molecule has 2 aromatic rings. The monoisotopic (exact) mass is 289 g/mol. The van der Waals surface area contributed by atoms with Gasteiger partial charge >= 0.3 is 5.97 Å². The Morgan fingerprint density at radius 2 is 1.57 bits per heavy atom. The van der Waals surface area contributed by atoms with Crippen LogP contribution in [0.4, 0.5) is 5.69 Å². The van der Waals surface area contributed by atoms with E-state index in [4.69, 9.17) is 25.1 Å². The highest BCUT2D eigenvalue weighted by Crippen LogP contribution is 2.33. The lowest BCUT2D eigenvalue weighted by Gasteiger charge is -2.12. The van der Waals surface area contributed by atoms with E-state index in [1.807, 2.05) is 0 Å². The van der Waals surface area contributed by atoms with E-state index in [-0.39, 0.29) is 11.3 Å². The van der Waals surface area contributed by atoms with Crippen LogP contribution in [-0.2, 0) is 0 Å². The summed E-state index contributed by atoms with van der Waals surface area (Å²) in [4.78, 5) is 11.0. The molecule has 3 N–H and O–H groups in total. The molecule has 110 valence electrons. The van der Waals surface area contributed by atoms with Gasteiger partial charge in [-0.05, 0) is 18.2 Å². The number of hydrogen-bond donors (Lipinski definition) is 2. The Labute approximate surface area is 121 Å². The Kier molecular flexibility index (Phi) is 4.18. The fourth-order valence-electron chi connectivity index (χ4n) is 1.72. The fraction of sp³-hybridized carbons (Fsp3) is 0.133. The van der Waals surface area contributed by atoms with E-state index >= 15 is 0 Å². The van der Waals surface area contributed by atoms with Crippen molar-refractivity contribution in [1.29, 1.82) is 0 Å². The van der Waals surface area contributed by atoms with E-state index in [1.54, 1.807) is 18.2 Å². The van der Waals surface area contributed by atoms with E-state index < -0.39 is 5.97 Å². The molecule has 0 saturated heterocycles. The van der Waals surface area contributed by atoms with E-state index in [9.17, 15) is 4.79 Å². The number of benzene rings is 2. The highest BCUT2D eigenvalue weighted by molar-refractivity contribution is 5.89. The van der Waals surface area contributed by atoms with Crippen molar-refractivity contribution in [1.82, 2.24) is 0 Å². The third-order valence-electron chi connectivity index (χ3n) is 2.81. The molecule has 0 fully saturated rings. The predicted molar refractivity (Wildman–Crippen MR) is 77.4 cm³/mol. The lowest BCUT2D eigenvalue weighted by molar-refractivity contribution is 0.0696. The minimum absolute atomic E-state index is 0.0917. The second-order valence-electron chi connectivity index (χ2n) is 4.21. The average molecular weight is 289 g/mol. The smallest absolute Gasteiger partial charge is 0.335 e. The molecule has 0 atom stereocenters. The number of nitrogens with two attached hydrogens (primary N) is 1. The number of anilines is 1. The number of nitrogen functional groups attached to an aromatic ring is 1. The molecule has 0 unspecified atom stereocenters. The Bertz CT molecular complexity index is 647. The summed E-state index contributed by atoms with van der Waals surface area (Å²) >= 11 is 0. The molecule has 21 heavy (non-hydrogen) atoms. The molecule has 0 spiro atoms. The van der Waals surface area contributed by atoms with Crippen LogP contribution in [0.2, 0.25) is 0 Å². The summed E-state index contributed by atoms with van der Waals surface area (Å²) < 4.78 is 15.9. The number of carboxylic acid groups (broad SMARTS) is 1. The highest BCUT2D eigenvalue weighted by atomic mass is 16.5. The van der Waals surface area contributed by atoms with Crippen LogP contribution in [0.1, 0.15) is 10.4 Å². The molecule has 0 saturated carbocycles. The van der Waals surface area contributed by atoms with Crippen LogP contribution in [0.15, 0.2) is 36.4 Å². The predicted octanol–water partition coefficient (Wildman–Crippen LogP) is 2.78. The van der Waals surface area contributed by atoms with Crippen molar-refractivity contribution >= 4 is 11.7 Å². The van der Waals surface area contributed by atoms with Crippen molar-refractivity contribution in [3.8, 4) is 23.0 Å². The van der Waals surface area contributed by atoms with Gasteiger partial charge in [-0.25, -0.2) is 4.79 Å². The Morgan fingerprint density at radius 1 is 1.00 bits per heavy atom. The normalized spacial score (nSPS) is 10.0. The largest absolute Gasteiger partial charge is 0.496 e. The van der Waals surface area contributed by atoms with E-state index in [1.165, 1.54) is 32.4 Å². The van der Waals surface area contributed by atoms with Crippen LogP contribution in [0, 0.1) is 0 Å². The maximum Gasteiger partial charge on any atom is 0.335 e. The Morgan fingerprint density at radius 3 is 2.10 bits per heavy atom. The van der Waals surface area contributed by atoms with Gasteiger partial charge in [-0.15, -0.1) is 0 Å². The lowest BCUT2D eigenvalue weighted by atomic mass is 10.2. The molecule has 0 aliphatic rings. The third-order valence-corrected chi connectivity index (χ3v) is 2.81. The molecule has 6 nitrogen and oxygen atoms in total. The van der Waals surface area contributed by atoms with Gasteiger partial charge in [-0.1, -0.05) is 0 Å². The van der Waals surface area contributed by atoms with Gasteiger partial charge in [0.05, 0.1) is 25.5 Å². The second-order valence-corrected chi connectivity index (χ2v) is 4.21. The van der Waals surface area contributed by atoms with Crippen molar-refractivity contribution in [2.45, 2.75) is 0 Å². The van der Waals surface area contributed by atoms with Gasteiger partial charge in [0.1, 0.15) is 17.2 Å². The first kappa shape index (κ1) is 14.5. The summed E-state index contributed by atoms with van der Waals surface area (Å²) in [5.41, 5.74) is 6.22. The van der Waals surface area contributed by atoms with Crippen LogP contribution < -0.4 is 19.9 Å². The van der Waals surface area contributed by atoms with Crippen LogP contribution in [0.25, 0.3) is 0 Å². The molecule has 0 radical (unpaired) electrons. The summed E-state index contributed by atoms with van der Waals surface area (Å²) in [6.45, 7) is 0. The van der Waals surface area contributed by atoms with Gasteiger partial charge in [0.2, 0.25) is 0 Å². The van der Waals surface area contributed by atoms with Crippen molar-refractivity contribution < 1.29 is 24.1 Å². The molecule has 2 aromatic carbocycles. The Hall–Kier alpha value is -2.89. The summed E-state index contributed by atoms with van der Waals surface area (Å²) in [6, 6.07) is 9.26. The van der Waals surface area contributed by atoms with E-state index in [2.05, 4.69) is 0 Å². The maximum atomic E-state index is 11.0. The number of hydrogen-bond acceptors (Lipinski definition) is 5. The molecule has 0 heterocycles. The van der Waals surface area contributed by atoms with Crippen molar-refractivity contribution in [2.24, 2.45) is 0 Å². The fourth-order valence-corrected chi connectivity index (χ4v) is 1.72. The minimum Gasteiger partial charge on any atom is -0.496 e. The number of carbonyl (C=O) groups is 1. The Balaban J connectivity index is 2.37. The molecular formula is C15H15NO5. The first-order chi connectivity index (χ1) is 10.0. The van der Waals surface area contributed by atoms with Crippen molar-refractivity contribution in [3.05, 3.63) is 42.0 Å². The second kappa shape index (κ2) is 6.04. The van der Waals surface area contributed by atoms with Crippen LogP contribution >= 0.6 is 0 Å². The van der Waals surface area contributed by atoms with Crippen molar-refractivity contribution in [3.63, 3.8) is 0 Å². The molecule has 6 heteroatoms. The number of ether oxygens (including phenoxy) is 3.